The van der Waals surface area contributed by atoms with Crippen molar-refractivity contribution in [1.82, 2.24) is 10.2 Å². The van der Waals surface area contributed by atoms with E-state index in [4.69, 9.17) is 10.5 Å². The molecule has 4 N–H and O–H groups in total. The normalized spacial score (nSPS) is 19.0. The van der Waals surface area contributed by atoms with Gasteiger partial charge in [0, 0.05) is 19.6 Å². The van der Waals surface area contributed by atoms with Crippen molar-refractivity contribution in [3.05, 3.63) is 35.9 Å². The lowest BCUT2D eigenvalue weighted by molar-refractivity contribution is -0.121. The lowest BCUT2D eigenvalue weighted by atomic mass is 10.0. The van der Waals surface area contributed by atoms with Gasteiger partial charge in [-0.1, -0.05) is 30.3 Å². The zero-order chi connectivity index (χ0) is 15.1. The van der Waals surface area contributed by atoms with Crippen LogP contribution in [0.5, 0.6) is 0 Å². The highest BCUT2D eigenvalue weighted by Crippen LogP contribution is 2.17. The minimum absolute atomic E-state index is 0.0822. The molecule has 6 nitrogen and oxygen atoms in total. The molecule has 1 saturated heterocycles. The molecule has 0 saturated carbocycles. The van der Waals surface area contributed by atoms with Gasteiger partial charge in [-0.15, -0.1) is 0 Å². The average molecular weight is 293 g/mol. The molecule has 6 heteroatoms. The minimum Gasteiger partial charge on any atom is -0.386 e. The number of nitrogens with zero attached hydrogens (tertiary/aromatic N) is 1. The number of carbonyl (C=O) groups is 1. The summed E-state index contributed by atoms with van der Waals surface area (Å²) in [5.74, 6) is -0.261. The Balaban J connectivity index is 2.05. The number of amides is 1. The highest BCUT2D eigenvalue weighted by atomic mass is 16.5. The highest BCUT2D eigenvalue weighted by molar-refractivity contribution is 5.78. The molecular weight excluding hydrogens is 270 g/mol. The van der Waals surface area contributed by atoms with Gasteiger partial charge in [0.15, 0.2) is 0 Å². The van der Waals surface area contributed by atoms with Gasteiger partial charge in [-0.25, -0.2) is 0 Å². The predicted molar refractivity (Wildman–Crippen MR) is 79.6 cm³/mol. The molecule has 1 aliphatic rings. The van der Waals surface area contributed by atoms with E-state index in [0.29, 0.717) is 19.8 Å². The number of rotatable bonds is 6. The second kappa shape index (κ2) is 8.09. The van der Waals surface area contributed by atoms with Gasteiger partial charge in [0.2, 0.25) is 5.91 Å². The molecule has 0 spiro atoms. The van der Waals surface area contributed by atoms with Crippen LogP contribution in [-0.2, 0) is 9.53 Å². The first kappa shape index (κ1) is 15.9. The number of nitrogens with one attached hydrogen (secondary N) is 1. The third kappa shape index (κ3) is 4.78. The van der Waals surface area contributed by atoms with E-state index in [1.165, 1.54) is 0 Å². The van der Waals surface area contributed by atoms with Crippen molar-refractivity contribution in [2.45, 2.75) is 12.1 Å². The van der Waals surface area contributed by atoms with Crippen LogP contribution < -0.4 is 11.1 Å². The van der Waals surface area contributed by atoms with Crippen molar-refractivity contribution in [2.75, 3.05) is 39.4 Å². The monoisotopic (exact) mass is 293 g/mol. The lowest BCUT2D eigenvalue weighted by Crippen LogP contribution is -2.51. The van der Waals surface area contributed by atoms with E-state index >= 15 is 0 Å². The molecule has 2 rings (SSSR count). The van der Waals surface area contributed by atoms with Crippen LogP contribution in [0.15, 0.2) is 30.3 Å². The van der Waals surface area contributed by atoms with Crippen molar-refractivity contribution in [2.24, 2.45) is 5.73 Å². The van der Waals surface area contributed by atoms with E-state index in [-0.39, 0.29) is 18.5 Å². The molecule has 1 aromatic carbocycles. The van der Waals surface area contributed by atoms with E-state index < -0.39 is 6.10 Å². The minimum atomic E-state index is -0.760. The summed E-state index contributed by atoms with van der Waals surface area (Å²) in [6.45, 7) is 3.46. The summed E-state index contributed by atoms with van der Waals surface area (Å²) >= 11 is 0. The van der Waals surface area contributed by atoms with E-state index in [9.17, 15) is 9.90 Å². The molecule has 0 unspecified atom stereocenters. The lowest BCUT2D eigenvalue weighted by Gasteiger charge is -2.33. The maximum Gasteiger partial charge on any atom is 0.234 e. The number of benzene rings is 1. The maximum absolute atomic E-state index is 11.6. The Labute approximate surface area is 124 Å². The van der Waals surface area contributed by atoms with E-state index in [2.05, 4.69) is 10.2 Å². The molecule has 1 fully saturated rings. The van der Waals surface area contributed by atoms with E-state index in [1.54, 1.807) is 0 Å². The Bertz CT molecular complexity index is 435. The van der Waals surface area contributed by atoms with Gasteiger partial charge in [0.1, 0.15) is 6.10 Å². The van der Waals surface area contributed by atoms with Gasteiger partial charge in [0.25, 0.3) is 0 Å². The smallest absolute Gasteiger partial charge is 0.234 e. The fourth-order valence-corrected chi connectivity index (χ4v) is 2.43. The molecule has 1 aliphatic heterocycles. The van der Waals surface area contributed by atoms with E-state index in [0.717, 1.165) is 18.7 Å². The molecule has 1 heterocycles. The SMILES string of the molecule is NCC(=O)N[C@@H](CN1CCOCC1)[C@@H](O)c1ccccc1. The molecule has 116 valence electrons. The molecule has 0 bridgehead atoms. The van der Waals surface area contributed by atoms with Crippen LogP contribution in [0.25, 0.3) is 0 Å². The number of hydrogen-bond donors (Lipinski definition) is 3. The zero-order valence-electron chi connectivity index (χ0n) is 12.1. The maximum atomic E-state index is 11.6. The van der Waals surface area contributed by atoms with Gasteiger partial charge in [-0.2, -0.15) is 0 Å². The Morgan fingerprint density at radius 1 is 1.33 bits per heavy atom. The van der Waals surface area contributed by atoms with Crippen molar-refractivity contribution in [3.8, 4) is 0 Å². The number of ether oxygens (including phenoxy) is 1. The largest absolute Gasteiger partial charge is 0.386 e. The van der Waals surface area contributed by atoms with Crippen LogP contribution in [0.3, 0.4) is 0 Å². The summed E-state index contributed by atoms with van der Waals surface area (Å²) in [5.41, 5.74) is 6.15. The zero-order valence-corrected chi connectivity index (χ0v) is 12.1. The first-order chi connectivity index (χ1) is 10.2. The number of hydrogen-bond acceptors (Lipinski definition) is 5. The van der Waals surface area contributed by atoms with Crippen LogP contribution in [0.1, 0.15) is 11.7 Å². The summed E-state index contributed by atoms with van der Waals surface area (Å²) in [7, 11) is 0. The first-order valence-corrected chi connectivity index (χ1v) is 7.23. The fourth-order valence-electron chi connectivity index (χ4n) is 2.43. The topological polar surface area (TPSA) is 87.8 Å². The van der Waals surface area contributed by atoms with Crippen LogP contribution in [0.2, 0.25) is 0 Å². The van der Waals surface area contributed by atoms with Crippen molar-refractivity contribution >= 4 is 5.91 Å². The summed E-state index contributed by atoms with van der Waals surface area (Å²) in [5, 5.41) is 13.4. The Hall–Kier alpha value is -1.47. The number of aliphatic hydroxyl groups excluding tert-OH is 1. The summed E-state index contributed by atoms with van der Waals surface area (Å²) in [6, 6.07) is 8.95. The third-order valence-corrected chi connectivity index (χ3v) is 3.61. The second-order valence-corrected chi connectivity index (χ2v) is 5.15. The molecule has 0 aromatic heterocycles. The Morgan fingerprint density at radius 2 is 2.00 bits per heavy atom. The van der Waals surface area contributed by atoms with Gasteiger partial charge < -0.3 is 20.9 Å². The van der Waals surface area contributed by atoms with Gasteiger partial charge >= 0.3 is 0 Å². The molecule has 1 amide bonds. The molecule has 0 radical (unpaired) electrons. The standard InChI is InChI=1S/C15H23N3O3/c16-10-14(19)17-13(11-18-6-8-21-9-7-18)15(20)12-4-2-1-3-5-12/h1-5,13,15,20H,6-11,16H2,(H,17,19)/t13-,15-/m0/s1. The quantitative estimate of drug-likeness (QED) is 0.658. The van der Waals surface area contributed by atoms with Crippen LogP contribution in [-0.4, -0.2) is 61.3 Å². The van der Waals surface area contributed by atoms with Gasteiger partial charge in [0.05, 0.1) is 25.8 Å². The molecular formula is C15H23N3O3. The molecule has 21 heavy (non-hydrogen) atoms. The molecule has 1 aromatic rings. The highest BCUT2D eigenvalue weighted by Gasteiger charge is 2.25. The molecule has 2 atom stereocenters. The van der Waals surface area contributed by atoms with E-state index in [1.807, 2.05) is 30.3 Å². The van der Waals surface area contributed by atoms with Gasteiger partial charge in [-0.05, 0) is 5.56 Å². The number of aliphatic hydroxyl groups is 1. The Kier molecular flexibility index (Phi) is 6.13. The predicted octanol–water partition coefficient (Wildman–Crippen LogP) is -0.504. The third-order valence-electron chi connectivity index (χ3n) is 3.61. The van der Waals surface area contributed by atoms with Crippen molar-refractivity contribution in [3.63, 3.8) is 0 Å². The van der Waals surface area contributed by atoms with Crippen LogP contribution in [0, 0.1) is 0 Å². The van der Waals surface area contributed by atoms with Crippen LogP contribution in [0.4, 0.5) is 0 Å². The number of carbonyl (C=O) groups excluding carboxylic acids is 1. The number of morpholine rings is 1. The fraction of sp³-hybridized carbons (Fsp3) is 0.533. The van der Waals surface area contributed by atoms with Gasteiger partial charge in [-0.3, -0.25) is 9.69 Å². The molecule has 0 aliphatic carbocycles. The second-order valence-electron chi connectivity index (χ2n) is 5.15. The average Bonchev–Trinajstić information content (AvgIpc) is 2.55. The summed E-state index contributed by atoms with van der Waals surface area (Å²) in [6.07, 6.45) is -0.760. The van der Waals surface area contributed by atoms with Crippen molar-refractivity contribution in [1.29, 1.82) is 0 Å². The first-order valence-electron chi connectivity index (χ1n) is 7.23. The number of nitrogens with two attached hydrogens (primary N) is 1. The Morgan fingerprint density at radius 3 is 2.62 bits per heavy atom. The van der Waals surface area contributed by atoms with Crippen molar-refractivity contribution < 1.29 is 14.6 Å². The summed E-state index contributed by atoms with van der Waals surface area (Å²) in [4.78, 5) is 13.8. The summed E-state index contributed by atoms with van der Waals surface area (Å²) < 4.78 is 5.32. The van der Waals surface area contributed by atoms with Crippen LogP contribution >= 0.6 is 0 Å².